The lowest BCUT2D eigenvalue weighted by Gasteiger charge is -2.15. The summed E-state index contributed by atoms with van der Waals surface area (Å²) in [7, 11) is 1.99. The van der Waals surface area contributed by atoms with E-state index in [1.54, 1.807) is 11.3 Å². The van der Waals surface area contributed by atoms with Gasteiger partial charge < -0.3 is 5.32 Å². The van der Waals surface area contributed by atoms with Gasteiger partial charge in [0.25, 0.3) is 0 Å². The molecule has 4 nitrogen and oxygen atoms in total. The Labute approximate surface area is 131 Å². The minimum Gasteiger partial charge on any atom is -0.319 e. The number of hydrogen-bond acceptors (Lipinski definition) is 5. The van der Waals surface area contributed by atoms with Crippen molar-refractivity contribution in [1.29, 1.82) is 0 Å². The monoisotopic (exact) mass is 304 g/mol. The normalized spacial score (nSPS) is 12.6. The molecule has 114 valence electrons. The van der Waals surface area contributed by atoms with Crippen LogP contribution in [0.4, 0.5) is 0 Å². The number of hydrogen-bond donors (Lipinski definition) is 1. The Morgan fingerprint density at radius 3 is 2.33 bits per heavy atom. The van der Waals surface area contributed by atoms with E-state index >= 15 is 0 Å². The third-order valence-electron chi connectivity index (χ3n) is 3.58. The highest BCUT2D eigenvalue weighted by molar-refractivity contribution is 7.09. The zero-order valence-corrected chi connectivity index (χ0v) is 14.3. The van der Waals surface area contributed by atoms with Gasteiger partial charge in [-0.1, -0.05) is 6.92 Å². The van der Waals surface area contributed by atoms with Crippen molar-refractivity contribution in [3.05, 3.63) is 38.9 Å². The lowest BCUT2D eigenvalue weighted by Crippen LogP contribution is -2.19. The van der Waals surface area contributed by atoms with Gasteiger partial charge in [0.2, 0.25) is 0 Å². The molecule has 0 aliphatic heterocycles. The maximum Gasteiger partial charge on any atom is 0.134 e. The maximum absolute atomic E-state index is 4.68. The fraction of sp³-hybridized carbons (Fsp3) is 0.562. The Balaban J connectivity index is 2.16. The van der Waals surface area contributed by atoms with E-state index < -0.39 is 0 Å². The molecular weight excluding hydrogens is 280 g/mol. The molecule has 2 aromatic rings. The van der Waals surface area contributed by atoms with Crippen LogP contribution in [0.1, 0.15) is 40.4 Å². The van der Waals surface area contributed by atoms with Gasteiger partial charge in [0.05, 0.1) is 17.1 Å². The molecule has 0 saturated heterocycles. The molecule has 2 heterocycles. The van der Waals surface area contributed by atoms with Crippen molar-refractivity contribution in [2.75, 3.05) is 13.6 Å². The summed E-state index contributed by atoms with van der Waals surface area (Å²) in [6.45, 7) is 9.47. The number of rotatable bonds is 6. The third kappa shape index (κ3) is 4.32. The zero-order chi connectivity index (χ0) is 15.4. The second-order valence-electron chi connectivity index (χ2n) is 5.69. The highest BCUT2D eigenvalue weighted by Gasteiger charge is 2.13. The van der Waals surface area contributed by atoms with Crippen LogP contribution in [0.3, 0.4) is 0 Å². The van der Waals surface area contributed by atoms with Crippen LogP contribution < -0.4 is 5.32 Å². The van der Waals surface area contributed by atoms with E-state index in [-0.39, 0.29) is 0 Å². The van der Waals surface area contributed by atoms with Gasteiger partial charge in [-0.3, -0.25) is 0 Å². The van der Waals surface area contributed by atoms with E-state index in [0.29, 0.717) is 5.92 Å². The molecule has 0 bridgehead atoms. The first-order valence-electron chi connectivity index (χ1n) is 7.38. The van der Waals surface area contributed by atoms with Gasteiger partial charge in [0, 0.05) is 16.8 Å². The van der Waals surface area contributed by atoms with E-state index in [1.165, 1.54) is 5.56 Å². The fourth-order valence-corrected chi connectivity index (χ4v) is 3.22. The molecule has 1 atom stereocenters. The van der Waals surface area contributed by atoms with Gasteiger partial charge >= 0.3 is 0 Å². The molecule has 2 rings (SSSR count). The quantitative estimate of drug-likeness (QED) is 0.891. The van der Waals surface area contributed by atoms with Crippen molar-refractivity contribution in [3.63, 3.8) is 0 Å². The molecule has 0 aromatic carbocycles. The summed E-state index contributed by atoms with van der Waals surface area (Å²) in [5, 5.41) is 6.41. The SMILES string of the molecule is CNCC(C)Cc1c(C)nc(Cc2csc(C)n2)nc1C. The molecule has 1 unspecified atom stereocenters. The van der Waals surface area contributed by atoms with E-state index in [4.69, 9.17) is 0 Å². The molecule has 0 fully saturated rings. The summed E-state index contributed by atoms with van der Waals surface area (Å²) < 4.78 is 0. The third-order valence-corrected chi connectivity index (χ3v) is 4.40. The number of aryl methyl sites for hydroxylation is 3. The van der Waals surface area contributed by atoms with Crippen molar-refractivity contribution < 1.29 is 0 Å². The van der Waals surface area contributed by atoms with Crippen molar-refractivity contribution in [3.8, 4) is 0 Å². The summed E-state index contributed by atoms with van der Waals surface area (Å²) in [6, 6.07) is 0. The predicted octanol–water partition coefficient (Wildman–Crippen LogP) is 2.85. The van der Waals surface area contributed by atoms with E-state index in [1.807, 2.05) is 14.0 Å². The molecule has 0 radical (unpaired) electrons. The summed E-state index contributed by atoms with van der Waals surface area (Å²) in [5.41, 5.74) is 4.56. The molecule has 1 N–H and O–H groups in total. The Bertz CT molecular complexity index is 583. The first kappa shape index (κ1) is 16.0. The van der Waals surface area contributed by atoms with Crippen LogP contribution in [0, 0.1) is 26.7 Å². The van der Waals surface area contributed by atoms with Crippen LogP contribution in [0.25, 0.3) is 0 Å². The van der Waals surface area contributed by atoms with Gasteiger partial charge in [-0.2, -0.15) is 0 Å². The van der Waals surface area contributed by atoms with Crippen LogP contribution in [0.15, 0.2) is 5.38 Å². The minimum absolute atomic E-state index is 0.586. The van der Waals surface area contributed by atoms with Crippen molar-refractivity contribution in [2.24, 2.45) is 5.92 Å². The first-order valence-corrected chi connectivity index (χ1v) is 8.26. The first-order chi connectivity index (χ1) is 9.99. The molecule has 0 aliphatic carbocycles. The molecule has 21 heavy (non-hydrogen) atoms. The lowest BCUT2D eigenvalue weighted by molar-refractivity contribution is 0.536. The average molecular weight is 304 g/mol. The second kappa shape index (κ2) is 7.09. The Morgan fingerprint density at radius 2 is 1.81 bits per heavy atom. The Kier molecular flexibility index (Phi) is 5.42. The zero-order valence-electron chi connectivity index (χ0n) is 13.5. The molecule has 0 spiro atoms. The summed E-state index contributed by atoms with van der Waals surface area (Å²) >= 11 is 1.68. The molecule has 0 aliphatic rings. The predicted molar refractivity (Wildman–Crippen MR) is 88.0 cm³/mol. The molecule has 2 aromatic heterocycles. The molecule has 0 saturated carbocycles. The van der Waals surface area contributed by atoms with Crippen LogP contribution >= 0.6 is 11.3 Å². The molecule has 0 amide bonds. The summed E-state index contributed by atoms with van der Waals surface area (Å²) in [6.07, 6.45) is 1.74. The van der Waals surface area contributed by atoms with Gasteiger partial charge in [-0.15, -0.1) is 11.3 Å². The Hall–Kier alpha value is -1.33. The van der Waals surface area contributed by atoms with Crippen LogP contribution in [-0.4, -0.2) is 28.5 Å². The molecular formula is C16H24N4S. The number of thiazole rings is 1. The van der Waals surface area contributed by atoms with Crippen LogP contribution in [0.2, 0.25) is 0 Å². The van der Waals surface area contributed by atoms with Gasteiger partial charge in [-0.25, -0.2) is 15.0 Å². The number of nitrogens with one attached hydrogen (secondary N) is 1. The van der Waals surface area contributed by atoms with Crippen molar-refractivity contribution in [1.82, 2.24) is 20.3 Å². The highest BCUT2D eigenvalue weighted by atomic mass is 32.1. The van der Waals surface area contributed by atoms with E-state index in [9.17, 15) is 0 Å². The van der Waals surface area contributed by atoms with E-state index in [0.717, 1.165) is 47.3 Å². The summed E-state index contributed by atoms with van der Waals surface area (Å²) in [4.78, 5) is 13.9. The van der Waals surface area contributed by atoms with Gasteiger partial charge in [0.15, 0.2) is 0 Å². The van der Waals surface area contributed by atoms with Crippen molar-refractivity contribution in [2.45, 2.75) is 40.5 Å². The Morgan fingerprint density at radius 1 is 1.14 bits per heavy atom. The smallest absolute Gasteiger partial charge is 0.134 e. The highest BCUT2D eigenvalue weighted by Crippen LogP contribution is 2.17. The van der Waals surface area contributed by atoms with Crippen LogP contribution in [-0.2, 0) is 12.8 Å². The van der Waals surface area contributed by atoms with Gasteiger partial charge in [-0.05, 0) is 52.3 Å². The second-order valence-corrected chi connectivity index (χ2v) is 6.75. The van der Waals surface area contributed by atoms with Crippen LogP contribution in [0.5, 0.6) is 0 Å². The number of nitrogens with zero attached hydrogens (tertiary/aromatic N) is 3. The number of aromatic nitrogens is 3. The summed E-state index contributed by atoms with van der Waals surface area (Å²) in [5.74, 6) is 1.46. The largest absolute Gasteiger partial charge is 0.319 e. The standard InChI is InChI=1S/C16H24N4S/c1-10(8-17-5)6-15-11(2)18-16(19-12(15)3)7-14-9-21-13(4)20-14/h9-10,17H,6-8H2,1-5H3. The molecule has 5 heteroatoms. The van der Waals surface area contributed by atoms with E-state index in [2.05, 4.69) is 46.4 Å². The maximum atomic E-state index is 4.68. The van der Waals surface area contributed by atoms with Crippen molar-refractivity contribution >= 4 is 11.3 Å². The minimum atomic E-state index is 0.586. The van der Waals surface area contributed by atoms with Gasteiger partial charge in [0.1, 0.15) is 5.82 Å². The topological polar surface area (TPSA) is 50.7 Å². The fourth-order valence-electron chi connectivity index (χ4n) is 2.60. The lowest BCUT2D eigenvalue weighted by atomic mass is 9.98. The average Bonchev–Trinajstić information content (AvgIpc) is 2.80.